The molecular weight excluding hydrogens is 476 g/mol. The van der Waals surface area contributed by atoms with Gasteiger partial charge in [-0.2, -0.15) is 13.2 Å². The number of fused-ring (bicyclic) bond motifs is 1. The van der Waals surface area contributed by atoms with Crippen LogP contribution in [-0.4, -0.2) is 43.7 Å². The lowest BCUT2D eigenvalue weighted by Gasteiger charge is -2.33. The van der Waals surface area contributed by atoms with Crippen molar-refractivity contribution >= 4 is 39.9 Å². The summed E-state index contributed by atoms with van der Waals surface area (Å²) < 4.78 is 41.3. The molecule has 1 aliphatic rings. The predicted octanol–water partition coefficient (Wildman–Crippen LogP) is 5.62. The molecule has 0 unspecified atom stereocenters. The molecule has 176 valence electrons. The van der Waals surface area contributed by atoms with Gasteiger partial charge in [-0.15, -0.1) is 0 Å². The van der Waals surface area contributed by atoms with Gasteiger partial charge in [-0.25, -0.2) is 9.97 Å². The van der Waals surface area contributed by atoms with Crippen LogP contribution in [0.15, 0.2) is 24.9 Å². The Morgan fingerprint density at radius 3 is 2.55 bits per heavy atom. The van der Waals surface area contributed by atoms with Crippen molar-refractivity contribution in [3.63, 3.8) is 0 Å². The Bertz CT molecular complexity index is 1230. The Balaban J connectivity index is 1.71. The third kappa shape index (κ3) is 4.56. The van der Waals surface area contributed by atoms with Crippen molar-refractivity contribution in [3.05, 3.63) is 63.2 Å². The second-order valence-corrected chi connectivity index (χ2v) is 9.09. The van der Waals surface area contributed by atoms with Gasteiger partial charge in [-0.1, -0.05) is 29.8 Å². The van der Waals surface area contributed by atoms with E-state index in [4.69, 9.17) is 23.2 Å². The minimum atomic E-state index is -4.53. The number of aromatic nitrogens is 3. The van der Waals surface area contributed by atoms with Crippen molar-refractivity contribution in [2.75, 3.05) is 13.1 Å². The molecule has 3 aromatic heterocycles. The number of piperidine rings is 1. The summed E-state index contributed by atoms with van der Waals surface area (Å²) >= 11 is 13.1. The molecule has 0 radical (unpaired) electrons. The largest absolute Gasteiger partial charge is 0.433 e. The molecule has 33 heavy (non-hydrogen) atoms. The summed E-state index contributed by atoms with van der Waals surface area (Å²) in [6.45, 7) is 7.11. The zero-order chi connectivity index (χ0) is 24.1. The van der Waals surface area contributed by atoms with Crippen LogP contribution in [0.2, 0.25) is 10.2 Å². The first-order chi connectivity index (χ1) is 15.5. The Labute approximate surface area is 199 Å². The maximum Gasteiger partial charge on any atom is 0.433 e. The second-order valence-electron chi connectivity index (χ2n) is 8.35. The Hall–Kier alpha value is -2.29. The summed E-state index contributed by atoms with van der Waals surface area (Å²) in [6, 6.07) is 2.85. The second kappa shape index (κ2) is 8.81. The molecule has 0 aromatic carbocycles. The van der Waals surface area contributed by atoms with E-state index in [1.165, 1.54) is 0 Å². The number of nitrogens with zero attached hydrogens (tertiary/aromatic N) is 4. The van der Waals surface area contributed by atoms with Crippen LogP contribution in [0.5, 0.6) is 0 Å². The number of hydrogen-bond acceptors (Lipinski definition) is 4. The van der Waals surface area contributed by atoms with Gasteiger partial charge in [-0.05, 0) is 37.5 Å². The molecule has 0 aliphatic carbocycles. The summed E-state index contributed by atoms with van der Waals surface area (Å²) in [4.78, 5) is 10.2. The van der Waals surface area contributed by atoms with E-state index in [9.17, 15) is 18.3 Å². The summed E-state index contributed by atoms with van der Waals surface area (Å²) in [6.07, 6.45) is -1.72. The summed E-state index contributed by atoms with van der Waals surface area (Å²) in [5.74, 6) is 0. The number of rotatable bonds is 4. The maximum absolute atomic E-state index is 13.2. The van der Waals surface area contributed by atoms with Gasteiger partial charge in [-0.3, -0.25) is 0 Å². The third-order valence-corrected chi connectivity index (χ3v) is 6.93. The Morgan fingerprint density at radius 2 is 1.91 bits per heavy atom. The minimum absolute atomic E-state index is 0.219. The molecule has 3 aromatic rings. The first kappa shape index (κ1) is 23.9. The number of hydrogen-bond donors (Lipinski definition) is 1. The van der Waals surface area contributed by atoms with E-state index in [-0.39, 0.29) is 23.3 Å². The quantitative estimate of drug-likeness (QED) is 0.474. The fraction of sp³-hybridized carbons (Fsp3) is 0.391. The van der Waals surface area contributed by atoms with E-state index in [1.807, 2.05) is 0 Å². The fourth-order valence-corrected chi connectivity index (χ4v) is 4.73. The van der Waals surface area contributed by atoms with E-state index in [0.29, 0.717) is 64.4 Å². The number of halogens is 5. The van der Waals surface area contributed by atoms with Gasteiger partial charge in [0.25, 0.3) is 0 Å². The molecule has 5 nitrogen and oxygen atoms in total. The van der Waals surface area contributed by atoms with Crippen molar-refractivity contribution in [3.8, 4) is 0 Å². The number of aliphatic hydroxyl groups excluding tert-OH is 1. The highest BCUT2D eigenvalue weighted by molar-refractivity contribution is 6.36. The van der Waals surface area contributed by atoms with E-state index in [1.54, 1.807) is 30.8 Å². The molecule has 0 bridgehead atoms. The monoisotopic (exact) mass is 498 g/mol. The molecular formula is C23H23Cl2F3N4O. The van der Waals surface area contributed by atoms with Gasteiger partial charge in [0.2, 0.25) is 0 Å². The van der Waals surface area contributed by atoms with Crippen molar-refractivity contribution in [1.82, 2.24) is 19.4 Å². The number of alkyl halides is 3. The molecule has 0 saturated carbocycles. The highest BCUT2D eigenvalue weighted by Crippen LogP contribution is 2.36. The smallest absolute Gasteiger partial charge is 0.393 e. The Morgan fingerprint density at radius 1 is 1.24 bits per heavy atom. The lowest BCUT2D eigenvalue weighted by atomic mass is 10.0. The van der Waals surface area contributed by atoms with Crippen molar-refractivity contribution in [2.45, 2.75) is 38.5 Å². The first-order valence-corrected chi connectivity index (χ1v) is 11.2. The molecule has 1 fully saturated rings. The van der Waals surface area contributed by atoms with Crippen molar-refractivity contribution in [2.24, 2.45) is 7.05 Å². The molecule has 0 amide bonds. The molecule has 4 heterocycles. The van der Waals surface area contributed by atoms with Crippen LogP contribution in [0.4, 0.5) is 13.2 Å². The standard InChI is InChI=1S/C23H23Cl2F3N4O/c1-12-8-19(23(26,27)28)30-22-16(12)9-14(31(22)3)10-17-20(24)18(11-29-21(17)25)13(2)32-6-4-15(33)5-7-32/h8-9,11,15,33H,2,4-7,10H2,1,3H3. The van der Waals surface area contributed by atoms with Crippen molar-refractivity contribution < 1.29 is 18.3 Å². The predicted molar refractivity (Wildman–Crippen MR) is 123 cm³/mol. The molecule has 10 heteroatoms. The zero-order valence-corrected chi connectivity index (χ0v) is 19.7. The molecule has 1 N–H and O–H groups in total. The number of likely N-dealkylation sites (tertiary alicyclic amines) is 1. The van der Waals surface area contributed by atoms with Crippen LogP contribution in [0, 0.1) is 6.92 Å². The van der Waals surface area contributed by atoms with Crippen LogP contribution in [0.1, 0.15) is 40.9 Å². The number of aryl methyl sites for hydroxylation is 2. The van der Waals surface area contributed by atoms with E-state index in [2.05, 4.69) is 21.4 Å². The molecule has 0 atom stereocenters. The zero-order valence-electron chi connectivity index (χ0n) is 18.2. The van der Waals surface area contributed by atoms with Crippen LogP contribution in [-0.2, 0) is 19.6 Å². The summed E-state index contributed by atoms with van der Waals surface area (Å²) in [5.41, 5.74) is 2.40. The normalized spacial score (nSPS) is 15.5. The van der Waals surface area contributed by atoms with Gasteiger partial charge in [0.15, 0.2) is 0 Å². The fourth-order valence-electron chi connectivity index (χ4n) is 4.16. The average molecular weight is 499 g/mol. The first-order valence-electron chi connectivity index (χ1n) is 10.5. The maximum atomic E-state index is 13.2. The molecule has 1 aliphatic heterocycles. The van der Waals surface area contributed by atoms with Crippen molar-refractivity contribution in [1.29, 1.82) is 0 Å². The van der Waals surface area contributed by atoms with Gasteiger partial charge >= 0.3 is 6.18 Å². The van der Waals surface area contributed by atoms with Gasteiger partial charge in [0.05, 0.1) is 11.1 Å². The van der Waals surface area contributed by atoms with E-state index in [0.717, 1.165) is 6.07 Å². The minimum Gasteiger partial charge on any atom is -0.393 e. The van der Waals surface area contributed by atoms with Gasteiger partial charge in [0, 0.05) is 60.7 Å². The van der Waals surface area contributed by atoms with E-state index < -0.39 is 11.9 Å². The van der Waals surface area contributed by atoms with Gasteiger partial charge in [0.1, 0.15) is 16.5 Å². The number of aliphatic hydroxyl groups is 1. The highest BCUT2D eigenvalue weighted by Gasteiger charge is 2.33. The lowest BCUT2D eigenvalue weighted by molar-refractivity contribution is -0.141. The summed E-state index contributed by atoms with van der Waals surface area (Å²) in [5, 5.41) is 11.0. The molecule has 4 rings (SSSR count). The lowest BCUT2D eigenvalue weighted by Crippen LogP contribution is -2.34. The highest BCUT2D eigenvalue weighted by atomic mass is 35.5. The van der Waals surface area contributed by atoms with Crippen LogP contribution in [0.3, 0.4) is 0 Å². The molecule has 0 spiro atoms. The van der Waals surface area contributed by atoms with Gasteiger partial charge < -0.3 is 14.6 Å². The van der Waals surface area contributed by atoms with Crippen LogP contribution < -0.4 is 0 Å². The van der Waals surface area contributed by atoms with Crippen LogP contribution in [0.25, 0.3) is 16.7 Å². The average Bonchev–Trinajstić information content (AvgIpc) is 3.07. The summed E-state index contributed by atoms with van der Waals surface area (Å²) in [7, 11) is 1.67. The third-order valence-electron chi connectivity index (χ3n) is 6.17. The SMILES string of the molecule is C=C(c1cnc(Cl)c(Cc2cc3c(C)cc(C(F)(F)F)nc3n2C)c1Cl)N1CCC(O)CC1. The van der Waals surface area contributed by atoms with E-state index >= 15 is 0 Å². The topological polar surface area (TPSA) is 54.2 Å². The molecule has 1 saturated heterocycles. The Kier molecular flexibility index (Phi) is 6.37. The number of pyridine rings is 2. The van der Waals surface area contributed by atoms with Crippen LogP contribution >= 0.6 is 23.2 Å².